The average Bonchev–Trinajstić information content (AvgIpc) is 2.80. The molecule has 2 rings (SSSR count). The van der Waals surface area contributed by atoms with E-state index >= 15 is 0 Å². The highest BCUT2D eigenvalue weighted by Crippen LogP contribution is 2.35. The van der Waals surface area contributed by atoms with Gasteiger partial charge in [0.2, 0.25) is 21.8 Å². The van der Waals surface area contributed by atoms with Crippen molar-refractivity contribution in [3.8, 4) is 5.75 Å². The van der Waals surface area contributed by atoms with E-state index in [4.69, 9.17) is 39.5 Å². The van der Waals surface area contributed by atoms with Crippen molar-refractivity contribution in [1.82, 2.24) is 10.2 Å². The molecule has 0 unspecified atom stereocenters. The maximum Gasteiger partial charge on any atom is 0.244 e. The Labute approximate surface area is 227 Å². The number of benzene rings is 2. The van der Waals surface area contributed by atoms with Gasteiger partial charge >= 0.3 is 0 Å². The van der Waals surface area contributed by atoms with Crippen LogP contribution in [0.1, 0.15) is 26.3 Å². The first-order valence-corrected chi connectivity index (χ1v) is 14.0. The summed E-state index contributed by atoms with van der Waals surface area (Å²) in [4.78, 5) is 27.8. The Bertz CT molecular complexity index is 1210. The summed E-state index contributed by atoms with van der Waals surface area (Å²) < 4.78 is 31.5. The summed E-state index contributed by atoms with van der Waals surface area (Å²) in [5.74, 6) is -0.186. The first kappa shape index (κ1) is 30.0. The predicted octanol–water partition coefficient (Wildman–Crippen LogP) is 4.61. The number of amides is 2. The molecule has 0 bridgehead atoms. The third kappa shape index (κ3) is 8.16. The minimum absolute atomic E-state index is 0.000148. The second-order valence-electron chi connectivity index (χ2n) is 8.68. The van der Waals surface area contributed by atoms with Gasteiger partial charge in [-0.1, -0.05) is 60.8 Å². The van der Waals surface area contributed by atoms with Crippen molar-refractivity contribution >= 4 is 62.3 Å². The third-order valence-electron chi connectivity index (χ3n) is 5.28. The molecule has 0 saturated carbocycles. The number of carbonyl (C=O) groups excluding carboxylic acids is 2. The number of methoxy groups -OCH3 is 1. The van der Waals surface area contributed by atoms with E-state index in [0.717, 1.165) is 10.6 Å². The van der Waals surface area contributed by atoms with E-state index < -0.39 is 28.5 Å². The lowest BCUT2D eigenvalue weighted by atomic mass is 10.1. The largest absolute Gasteiger partial charge is 0.497 e. The van der Waals surface area contributed by atoms with Gasteiger partial charge in [-0.15, -0.1) is 0 Å². The molecule has 8 nitrogen and oxygen atoms in total. The number of ether oxygens (including phenoxy) is 1. The Morgan fingerprint density at radius 2 is 1.67 bits per heavy atom. The fraction of sp³-hybridized carbons (Fsp3) is 0.417. The molecule has 198 valence electrons. The molecule has 0 saturated heterocycles. The standard InChI is InChI=1S/C24H30Cl3N3O5S/c1-15(2)12-28-24(32)16(3)29(13-17-7-6-8-18(9-17)35-4)23(31)14-30(36(5,33)34)22-11-20(26)19(25)10-21(22)27/h6-11,15-16H,12-14H2,1-5H3,(H,28,32)/t16-/m1/s1. The quantitative estimate of drug-likeness (QED) is 0.393. The van der Waals surface area contributed by atoms with Gasteiger partial charge < -0.3 is 15.0 Å². The molecule has 36 heavy (non-hydrogen) atoms. The molecule has 2 aromatic rings. The Balaban J connectivity index is 2.45. The van der Waals surface area contributed by atoms with Crippen LogP contribution in [0.4, 0.5) is 5.69 Å². The van der Waals surface area contributed by atoms with Crippen molar-refractivity contribution in [2.45, 2.75) is 33.4 Å². The molecular formula is C24H30Cl3N3O5S. The predicted molar refractivity (Wildman–Crippen MR) is 145 cm³/mol. The lowest BCUT2D eigenvalue weighted by molar-refractivity contribution is -0.139. The first-order valence-electron chi connectivity index (χ1n) is 11.1. The highest BCUT2D eigenvalue weighted by Gasteiger charge is 2.31. The topological polar surface area (TPSA) is 96.0 Å². The highest BCUT2D eigenvalue weighted by molar-refractivity contribution is 7.92. The molecule has 0 radical (unpaired) electrons. The van der Waals surface area contributed by atoms with Crippen LogP contribution in [-0.4, -0.2) is 57.6 Å². The summed E-state index contributed by atoms with van der Waals surface area (Å²) in [6.07, 6.45) is 0.949. The van der Waals surface area contributed by atoms with Gasteiger partial charge in [-0.25, -0.2) is 8.42 Å². The molecule has 1 N–H and O–H groups in total. The third-order valence-corrected chi connectivity index (χ3v) is 7.43. The van der Waals surface area contributed by atoms with Crippen LogP contribution in [0, 0.1) is 5.92 Å². The van der Waals surface area contributed by atoms with Gasteiger partial charge in [0.25, 0.3) is 0 Å². The fourth-order valence-corrected chi connectivity index (χ4v) is 4.85. The summed E-state index contributed by atoms with van der Waals surface area (Å²) in [5.41, 5.74) is 0.699. The molecule has 0 aliphatic carbocycles. The monoisotopic (exact) mass is 577 g/mol. The average molecular weight is 579 g/mol. The van der Waals surface area contributed by atoms with Crippen molar-refractivity contribution in [3.05, 3.63) is 57.0 Å². The summed E-state index contributed by atoms with van der Waals surface area (Å²) >= 11 is 18.3. The molecule has 0 heterocycles. The Hall–Kier alpha value is -2.20. The summed E-state index contributed by atoms with van der Waals surface area (Å²) in [6.45, 7) is 5.36. The van der Waals surface area contributed by atoms with Gasteiger partial charge in [-0.05, 0) is 42.7 Å². The minimum atomic E-state index is -3.97. The van der Waals surface area contributed by atoms with Crippen LogP contribution in [0.3, 0.4) is 0 Å². The minimum Gasteiger partial charge on any atom is -0.497 e. The van der Waals surface area contributed by atoms with Crippen molar-refractivity contribution in [3.63, 3.8) is 0 Å². The Morgan fingerprint density at radius 3 is 2.25 bits per heavy atom. The van der Waals surface area contributed by atoms with Gasteiger partial charge in [0.05, 0.1) is 34.1 Å². The van der Waals surface area contributed by atoms with Crippen molar-refractivity contribution in [2.24, 2.45) is 5.92 Å². The van der Waals surface area contributed by atoms with Crippen molar-refractivity contribution in [2.75, 3.05) is 30.8 Å². The van der Waals surface area contributed by atoms with Gasteiger partial charge in [0.15, 0.2) is 0 Å². The number of carbonyl (C=O) groups is 2. The number of rotatable bonds is 11. The van der Waals surface area contributed by atoms with Gasteiger partial charge in [-0.3, -0.25) is 13.9 Å². The van der Waals surface area contributed by atoms with E-state index in [1.807, 2.05) is 13.8 Å². The molecule has 0 fully saturated rings. The molecule has 2 amide bonds. The lowest BCUT2D eigenvalue weighted by Gasteiger charge is -2.32. The van der Waals surface area contributed by atoms with Gasteiger partial charge in [-0.2, -0.15) is 0 Å². The van der Waals surface area contributed by atoms with Crippen LogP contribution < -0.4 is 14.4 Å². The maximum absolute atomic E-state index is 13.6. The number of nitrogens with one attached hydrogen (secondary N) is 1. The highest BCUT2D eigenvalue weighted by atomic mass is 35.5. The van der Waals surface area contributed by atoms with E-state index in [1.54, 1.807) is 31.2 Å². The van der Waals surface area contributed by atoms with Gasteiger partial charge in [0, 0.05) is 13.1 Å². The smallest absolute Gasteiger partial charge is 0.244 e. The zero-order valence-corrected chi connectivity index (χ0v) is 23.8. The molecule has 0 aromatic heterocycles. The molecule has 1 atom stereocenters. The molecular weight excluding hydrogens is 549 g/mol. The van der Waals surface area contributed by atoms with E-state index in [9.17, 15) is 18.0 Å². The molecule has 12 heteroatoms. The van der Waals surface area contributed by atoms with Crippen molar-refractivity contribution < 1.29 is 22.7 Å². The molecule has 0 spiro atoms. The SMILES string of the molecule is COc1cccc(CN(C(=O)CN(c2cc(Cl)c(Cl)cc2Cl)S(C)(=O)=O)[C@H](C)C(=O)NCC(C)C)c1. The number of sulfonamides is 1. The normalized spacial score (nSPS) is 12.2. The number of nitrogens with zero attached hydrogens (tertiary/aromatic N) is 2. The van der Waals surface area contributed by atoms with Crippen LogP contribution in [-0.2, 0) is 26.2 Å². The summed E-state index contributed by atoms with van der Waals surface area (Å²) in [7, 11) is -2.45. The summed E-state index contributed by atoms with van der Waals surface area (Å²) in [5, 5.41) is 3.04. The van der Waals surface area contributed by atoms with Crippen molar-refractivity contribution in [1.29, 1.82) is 0 Å². The first-order chi connectivity index (χ1) is 16.7. The Morgan fingerprint density at radius 1 is 1.03 bits per heavy atom. The van der Waals surface area contributed by atoms with Crippen LogP contribution in [0.2, 0.25) is 15.1 Å². The Kier molecular flexibility index (Phi) is 10.7. The molecule has 2 aromatic carbocycles. The van der Waals surface area contributed by atoms with E-state index in [1.165, 1.54) is 24.1 Å². The van der Waals surface area contributed by atoms with E-state index in [0.29, 0.717) is 17.9 Å². The van der Waals surface area contributed by atoms with E-state index in [2.05, 4.69) is 5.32 Å². The number of halogens is 3. The zero-order valence-electron chi connectivity index (χ0n) is 20.7. The molecule has 0 aliphatic rings. The number of hydrogen-bond acceptors (Lipinski definition) is 5. The number of anilines is 1. The van der Waals surface area contributed by atoms with Crippen LogP contribution in [0.15, 0.2) is 36.4 Å². The second kappa shape index (κ2) is 12.9. The lowest BCUT2D eigenvalue weighted by Crippen LogP contribution is -2.51. The summed E-state index contributed by atoms with van der Waals surface area (Å²) in [6, 6.07) is 8.73. The van der Waals surface area contributed by atoms with E-state index in [-0.39, 0.29) is 39.1 Å². The fourth-order valence-electron chi connectivity index (χ4n) is 3.30. The van der Waals surface area contributed by atoms with Crippen LogP contribution in [0.25, 0.3) is 0 Å². The zero-order chi connectivity index (χ0) is 27.2. The second-order valence-corrected chi connectivity index (χ2v) is 11.8. The van der Waals surface area contributed by atoms with Crippen LogP contribution in [0.5, 0.6) is 5.75 Å². The number of hydrogen-bond donors (Lipinski definition) is 1. The maximum atomic E-state index is 13.6. The van der Waals surface area contributed by atoms with Crippen LogP contribution >= 0.6 is 34.8 Å². The van der Waals surface area contributed by atoms with Gasteiger partial charge in [0.1, 0.15) is 18.3 Å². The molecule has 0 aliphatic heterocycles.